The highest BCUT2D eigenvalue weighted by atomic mass is 33.1. The topological polar surface area (TPSA) is 218 Å². The fraction of sp³-hybridized carbons (Fsp3) is 0.700. The van der Waals surface area contributed by atoms with Crippen molar-refractivity contribution in [1.29, 1.82) is 0 Å². The van der Waals surface area contributed by atoms with Gasteiger partial charge < -0.3 is 55.5 Å². The quantitative estimate of drug-likeness (QED) is 0.0808. The van der Waals surface area contributed by atoms with Gasteiger partial charge in [-0.1, -0.05) is 84.1 Å². The molecule has 14 nitrogen and oxygen atoms in total. The molecule has 6 bridgehead atoms. The number of aliphatic hydroxyl groups is 4. The number of hydrogen-bond acceptors (Lipinski definition) is 16. The van der Waals surface area contributed by atoms with Gasteiger partial charge in [0.05, 0.1) is 36.5 Å². The molecule has 4 fully saturated rings. The van der Waals surface area contributed by atoms with Crippen LogP contribution in [0.3, 0.4) is 0 Å². The van der Waals surface area contributed by atoms with E-state index in [-0.39, 0.29) is 97.0 Å². The number of carbonyl (C=O) groups is 1. The second kappa shape index (κ2) is 23.9. The normalized spacial score (nSPS) is 34.0. The van der Waals surface area contributed by atoms with Crippen LogP contribution in [0, 0.1) is 70.0 Å². The van der Waals surface area contributed by atoms with Gasteiger partial charge in [-0.3, -0.25) is 10.1 Å². The van der Waals surface area contributed by atoms with Crippen LogP contribution in [0.15, 0.2) is 23.2 Å². The molecule has 16 heteroatoms. The Morgan fingerprint density at radius 3 is 2.51 bits per heavy atom. The molecule has 414 valence electrons. The van der Waals surface area contributed by atoms with E-state index in [1.165, 1.54) is 57.4 Å². The minimum Gasteiger partial charge on any atom is -0.504 e. The van der Waals surface area contributed by atoms with E-state index >= 15 is 0 Å². The van der Waals surface area contributed by atoms with E-state index in [1.54, 1.807) is 34.8 Å². The molecule has 9 aliphatic rings. The Bertz CT molecular complexity index is 2580. The SMILES string of the molecule is COC(CO)C1CCC2C#CC3NC(N)=NC(C(C)C)CSSCC3C3Cc4c5cc(c(c4OC3O)OCNC23CC2(CCC3C1)CCC1(CCCC1)C2)CC#Cc1c(ccc(O)c1OCO)CCC(=O)CC(O)CC5. The van der Waals surface area contributed by atoms with Gasteiger partial charge in [0, 0.05) is 72.3 Å². The number of nitrogens with two attached hydrogens (primary N) is 1. The number of aryl methyl sites for hydroxylation is 2. The van der Waals surface area contributed by atoms with Crippen LogP contribution in [0.25, 0.3) is 0 Å². The van der Waals surface area contributed by atoms with Gasteiger partial charge in [-0.25, -0.2) is 4.99 Å². The minimum absolute atomic E-state index is 0.00508. The van der Waals surface area contributed by atoms with Crippen LogP contribution in [-0.2, 0) is 35.2 Å². The highest BCUT2D eigenvalue weighted by molar-refractivity contribution is 8.76. The molecule has 0 saturated heterocycles. The molecule has 5 aliphatic carbocycles. The zero-order chi connectivity index (χ0) is 53.2. The summed E-state index contributed by atoms with van der Waals surface area (Å²) >= 11 is 0. The average molecular weight is 1080 g/mol. The van der Waals surface area contributed by atoms with E-state index in [2.05, 4.69) is 54.2 Å². The van der Waals surface area contributed by atoms with Crippen LogP contribution in [0.2, 0.25) is 0 Å². The number of phenolic OH excluding ortho intramolecular Hbond substituents is 1. The van der Waals surface area contributed by atoms with Crippen molar-refractivity contribution in [2.75, 3.05) is 38.7 Å². The Morgan fingerprint density at radius 1 is 0.908 bits per heavy atom. The molecule has 2 aromatic carbocycles. The molecular weight excluding hydrogens is 1000 g/mol. The number of nitrogens with zero attached hydrogens (tertiary/aromatic N) is 1. The molecule has 2 aromatic rings. The lowest BCUT2D eigenvalue weighted by molar-refractivity contribution is -0.121. The highest BCUT2D eigenvalue weighted by Gasteiger charge is 2.59. The van der Waals surface area contributed by atoms with Crippen LogP contribution in [0.5, 0.6) is 23.0 Å². The second-order valence-electron chi connectivity index (χ2n) is 24.2. The van der Waals surface area contributed by atoms with Crippen LogP contribution < -0.4 is 30.6 Å². The monoisotopic (exact) mass is 1080 g/mol. The first-order valence-corrected chi connectivity index (χ1v) is 30.9. The van der Waals surface area contributed by atoms with Gasteiger partial charge in [-0.05, 0) is 142 Å². The molecule has 4 saturated carbocycles. The Morgan fingerprint density at radius 2 is 1.72 bits per heavy atom. The summed E-state index contributed by atoms with van der Waals surface area (Å²) in [6.07, 6.45) is 14.0. The number of ether oxygens (including phenoxy) is 4. The Balaban J connectivity index is 1.14. The number of Topliss-reactive ketones (excluding diaryl/α,β-unsaturated/α-hetero) is 1. The highest BCUT2D eigenvalue weighted by Crippen LogP contribution is 2.66. The van der Waals surface area contributed by atoms with Gasteiger partial charge in [0.2, 0.25) is 6.29 Å². The van der Waals surface area contributed by atoms with Crippen LogP contribution >= 0.6 is 21.6 Å². The lowest BCUT2D eigenvalue weighted by Crippen LogP contribution is -2.62. The third-order valence-corrected chi connectivity index (χ3v) is 21.9. The zero-order valence-electron chi connectivity index (χ0n) is 44.9. The third-order valence-electron chi connectivity index (χ3n) is 19.4. The van der Waals surface area contributed by atoms with Crippen molar-refractivity contribution < 1.29 is 49.3 Å². The largest absolute Gasteiger partial charge is 0.504 e. The van der Waals surface area contributed by atoms with E-state index < -0.39 is 36.7 Å². The van der Waals surface area contributed by atoms with Crippen molar-refractivity contribution in [2.24, 2.45) is 57.1 Å². The van der Waals surface area contributed by atoms with E-state index in [0.717, 1.165) is 54.5 Å². The molecule has 0 amide bonds. The number of aromatic hydroxyl groups is 1. The fourth-order valence-corrected chi connectivity index (χ4v) is 18.2. The fourth-order valence-electron chi connectivity index (χ4n) is 15.3. The summed E-state index contributed by atoms with van der Waals surface area (Å²) in [4.78, 5) is 18.5. The average Bonchev–Trinajstić information content (AvgIpc) is 3.98. The first-order chi connectivity index (χ1) is 36.7. The standard InChI is InChI=1S/C60H82N4O10S2/c1-36(2)50-31-76-75-30-48-47-28-46-38-11-16-44(68)27-43(67)15-10-37-12-18-51(69)54(73-35-66)45(37)8-6-7-40(25-38)53(55(46)74-56(47)70)72-34-62-60-33-59(24-23-58(32-59)20-4-5-21-58)22-19-42(60)26-39(52(29-65)71-3)9-13-41(60)14-17-49(48)63-57(61)64-50/h12,18,25,36,39,41-42,44,47-50,52,56,62,65-66,68-70H,4-5,7,9-11,13,15-16,19-24,26-35H2,1-3H3,(H3,61,63,64). The molecule has 12 atom stereocenters. The van der Waals surface area contributed by atoms with Gasteiger partial charge >= 0.3 is 0 Å². The van der Waals surface area contributed by atoms with Gasteiger partial charge in [0.15, 0.2) is 35.8 Å². The van der Waals surface area contributed by atoms with Gasteiger partial charge in [0.1, 0.15) is 12.5 Å². The smallest absolute Gasteiger partial charge is 0.201 e. The van der Waals surface area contributed by atoms with Crippen molar-refractivity contribution in [3.8, 4) is 46.7 Å². The number of carbonyl (C=O) groups excluding carboxylic acids is 1. The predicted octanol–water partition coefficient (Wildman–Crippen LogP) is 7.33. The molecule has 4 aliphatic heterocycles. The molecule has 3 spiro atoms. The molecular formula is C60H82N4O10S2. The number of ketones is 1. The minimum atomic E-state index is -1.25. The van der Waals surface area contributed by atoms with E-state index in [1.807, 2.05) is 0 Å². The van der Waals surface area contributed by atoms with Crippen molar-refractivity contribution in [3.05, 3.63) is 46.0 Å². The van der Waals surface area contributed by atoms with Crippen molar-refractivity contribution in [3.63, 3.8) is 0 Å². The number of guanidine groups is 1. The van der Waals surface area contributed by atoms with Crippen molar-refractivity contribution in [1.82, 2.24) is 10.6 Å². The number of nitrogens with one attached hydrogen (secondary N) is 2. The number of fused-ring (bicyclic) bond motifs is 6. The molecule has 4 heterocycles. The zero-order valence-corrected chi connectivity index (χ0v) is 46.5. The Hall–Kier alpha value is -3.84. The Labute approximate surface area is 458 Å². The number of benzene rings is 2. The summed E-state index contributed by atoms with van der Waals surface area (Å²) in [6.45, 7) is 3.75. The molecule has 0 radical (unpaired) electrons. The van der Waals surface area contributed by atoms with Crippen molar-refractivity contribution in [2.45, 2.75) is 178 Å². The first-order valence-electron chi connectivity index (χ1n) is 28.4. The Kier molecular flexibility index (Phi) is 17.4. The van der Waals surface area contributed by atoms with E-state index in [4.69, 9.17) is 29.7 Å². The van der Waals surface area contributed by atoms with E-state index in [9.17, 15) is 30.3 Å². The van der Waals surface area contributed by atoms with Crippen LogP contribution in [0.1, 0.15) is 144 Å². The molecule has 9 N–H and O–H groups in total. The predicted molar refractivity (Wildman–Crippen MR) is 297 cm³/mol. The van der Waals surface area contributed by atoms with E-state index in [0.29, 0.717) is 65.4 Å². The number of aliphatic imine (C=N–C) groups is 1. The lowest BCUT2D eigenvalue weighted by atomic mass is 9.55. The maximum absolute atomic E-state index is 13.4. The summed E-state index contributed by atoms with van der Waals surface area (Å²) in [6, 6.07) is 4.81. The number of methoxy groups -OCH3 is 1. The summed E-state index contributed by atoms with van der Waals surface area (Å²) in [5.41, 5.74) is 10.6. The summed E-state index contributed by atoms with van der Waals surface area (Å²) < 4.78 is 25.7. The third kappa shape index (κ3) is 11.6. The molecule has 0 aromatic heterocycles. The summed E-state index contributed by atoms with van der Waals surface area (Å²) in [7, 11) is 5.27. The number of hydrogen-bond donors (Lipinski definition) is 8. The maximum atomic E-state index is 13.4. The maximum Gasteiger partial charge on any atom is 0.201 e. The second-order valence-corrected chi connectivity index (χ2v) is 26.7. The molecule has 11 rings (SSSR count). The number of phenols is 1. The number of rotatable bonds is 6. The van der Waals surface area contributed by atoms with Crippen LogP contribution in [-0.4, -0.2) is 112 Å². The molecule has 12 unspecified atom stereocenters. The van der Waals surface area contributed by atoms with Gasteiger partial charge in [0.25, 0.3) is 0 Å². The summed E-state index contributed by atoms with van der Waals surface area (Å²) in [5.74, 6) is 16.8. The van der Waals surface area contributed by atoms with Crippen molar-refractivity contribution >= 4 is 33.3 Å². The van der Waals surface area contributed by atoms with Gasteiger partial charge in [-0.2, -0.15) is 0 Å². The lowest BCUT2D eigenvalue weighted by Gasteiger charge is -2.54. The number of aliphatic hydroxyl groups excluding tert-OH is 4. The first kappa shape index (κ1) is 55.5. The van der Waals surface area contributed by atoms with Crippen LogP contribution in [0.4, 0.5) is 0 Å². The summed E-state index contributed by atoms with van der Waals surface area (Å²) in [5, 5.41) is 63.5. The molecule has 76 heavy (non-hydrogen) atoms. The van der Waals surface area contributed by atoms with Gasteiger partial charge in [-0.15, -0.1) is 0 Å².